The quantitative estimate of drug-likeness (QED) is 0.481. The van der Waals surface area contributed by atoms with E-state index in [1.807, 2.05) is 0 Å². The molecule has 21 heavy (non-hydrogen) atoms. The summed E-state index contributed by atoms with van der Waals surface area (Å²) in [5, 5.41) is 0.0942. The van der Waals surface area contributed by atoms with Crippen molar-refractivity contribution in [2.45, 2.75) is 17.4 Å². The number of nitrogens with two attached hydrogens (primary N) is 1. The molecule has 0 fully saturated rings. The van der Waals surface area contributed by atoms with Crippen molar-refractivity contribution in [1.82, 2.24) is 5.43 Å². The lowest BCUT2D eigenvalue weighted by Gasteiger charge is -2.16. The Labute approximate surface area is 131 Å². The minimum atomic E-state index is -0.452. The maximum absolute atomic E-state index is 13.5. The maximum atomic E-state index is 13.5. The topological polar surface area (TPSA) is 38.0 Å². The summed E-state index contributed by atoms with van der Waals surface area (Å²) in [6.45, 7) is 0. The first-order valence-electron chi connectivity index (χ1n) is 6.37. The summed E-state index contributed by atoms with van der Waals surface area (Å²) in [6.07, 6.45) is 0.534. The molecule has 2 nitrogen and oxygen atoms in total. The molecule has 0 radical (unpaired) electrons. The monoisotopic (exact) mass is 328 g/mol. The van der Waals surface area contributed by atoms with Gasteiger partial charge in [-0.15, -0.1) is 11.8 Å². The van der Waals surface area contributed by atoms with Crippen LogP contribution in [-0.4, -0.2) is 11.8 Å². The SMILES string of the molecule is NNC(CSc1ccccc1F)Cc1ccc(Cl)c(F)c1. The van der Waals surface area contributed by atoms with Gasteiger partial charge in [0.1, 0.15) is 11.6 Å². The molecule has 0 aliphatic heterocycles. The van der Waals surface area contributed by atoms with E-state index >= 15 is 0 Å². The average molecular weight is 329 g/mol. The van der Waals surface area contributed by atoms with Crippen molar-refractivity contribution in [3.8, 4) is 0 Å². The van der Waals surface area contributed by atoms with Gasteiger partial charge in [-0.3, -0.25) is 11.3 Å². The number of nitrogens with one attached hydrogen (secondary N) is 1. The predicted molar refractivity (Wildman–Crippen MR) is 83.3 cm³/mol. The second-order valence-corrected chi connectivity index (χ2v) is 6.03. The number of rotatable bonds is 6. The van der Waals surface area contributed by atoms with E-state index in [4.69, 9.17) is 17.4 Å². The lowest BCUT2D eigenvalue weighted by Crippen LogP contribution is -2.38. The minimum absolute atomic E-state index is 0.0942. The Bertz CT molecular complexity index is 610. The summed E-state index contributed by atoms with van der Waals surface area (Å²) >= 11 is 7.02. The first-order valence-corrected chi connectivity index (χ1v) is 7.74. The highest BCUT2D eigenvalue weighted by molar-refractivity contribution is 7.99. The lowest BCUT2D eigenvalue weighted by molar-refractivity contribution is 0.569. The highest BCUT2D eigenvalue weighted by Crippen LogP contribution is 2.23. The van der Waals surface area contributed by atoms with E-state index in [0.29, 0.717) is 17.1 Å². The number of benzene rings is 2. The van der Waals surface area contributed by atoms with E-state index in [9.17, 15) is 8.78 Å². The largest absolute Gasteiger partial charge is 0.271 e. The van der Waals surface area contributed by atoms with E-state index < -0.39 is 5.82 Å². The molecular weight excluding hydrogens is 314 g/mol. The Balaban J connectivity index is 1.97. The van der Waals surface area contributed by atoms with E-state index in [2.05, 4.69) is 5.43 Å². The molecule has 112 valence electrons. The molecule has 0 aliphatic rings. The number of hydrogen-bond acceptors (Lipinski definition) is 3. The highest BCUT2D eigenvalue weighted by atomic mass is 35.5. The molecule has 0 heterocycles. The fourth-order valence-corrected chi connectivity index (χ4v) is 2.96. The van der Waals surface area contributed by atoms with Crippen LogP contribution in [0.1, 0.15) is 5.56 Å². The van der Waals surface area contributed by atoms with Crippen LogP contribution in [0.5, 0.6) is 0 Å². The fraction of sp³-hybridized carbons (Fsp3) is 0.200. The highest BCUT2D eigenvalue weighted by Gasteiger charge is 2.11. The van der Waals surface area contributed by atoms with E-state index in [-0.39, 0.29) is 16.9 Å². The summed E-state index contributed by atoms with van der Waals surface area (Å²) in [5.41, 5.74) is 3.46. The first kappa shape index (κ1) is 16.2. The second kappa shape index (κ2) is 7.75. The average Bonchev–Trinajstić information content (AvgIpc) is 2.48. The van der Waals surface area contributed by atoms with Crippen LogP contribution in [0.2, 0.25) is 5.02 Å². The molecule has 6 heteroatoms. The summed E-state index contributed by atoms with van der Waals surface area (Å²) in [4.78, 5) is 0.569. The third-order valence-corrected chi connectivity index (χ3v) is 4.50. The van der Waals surface area contributed by atoms with Gasteiger partial charge in [0.25, 0.3) is 0 Å². The van der Waals surface area contributed by atoms with Crippen molar-refractivity contribution >= 4 is 23.4 Å². The number of hydrazine groups is 1. The molecule has 0 spiro atoms. The second-order valence-electron chi connectivity index (χ2n) is 4.56. The van der Waals surface area contributed by atoms with Crippen molar-refractivity contribution in [3.63, 3.8) is 0 Å². The van der Waals surface area contributed by atoms with Crippen LogP contribution in [0.15, 0.2) is 47.4 Å². The zero-order valence-electron chi connectivity index (χ0n) is 11.2. The van der Waals surface area contributed by atoms with Gasteiger partial charge in [0, 0.05) is 16.7 Å². The molecule has 3 N–H and O–H groups in total. The van der Waals surface area contributed by atoms with Crippen LogP contribution in [0.25, 0.3) is 0 Å². The Kier molecular flexibility index (Phi) is 5.99. The van der Waals surface area contributed by atoms with Gasteiger partial charge in [-0.25, -0.2) is 8.78 Å². The first-order chi connectivity index (χ1) is 10.1. The summed E-state index contributed by atoms with van der Waals surface area (Å²) in [5.74, 6) is 5.38. The summed E-state index contributed by atoms with van der Waals surface area (Å²) < 4.78 is 26.9. The van der Waals surface area contributed by atoms with Crippen LogP contribution in [0.3, 0.4) is 0 Å². The molecule has 0 aromatic heterocycles. The van der Waals surface area contributed by atoms with Gasteiger partial charge in [0.2, 0.25) is 0 Å². The zero-order valence-corrected chi connectivity index (χ0v) is 12.7. The molecule has 0 saturated heterocycles. The van der Waals surface area contributed by atoms with Gasteiger partial charge in [-0.2, -0.15) is 0 Å². The minimum Gasteiger partial charge on any atom is -0.271 e. The van der Waals surface area contributed by atoms with Crippen molar-refractivity contribution in [2.24, 2.45) is 5.84 Å². The number of halogens is 3. The van der Waals surface area contributed by atoms with Gasteiger partial charge >= 0.3 is 0 Å². The van der Waals surface area contributed by atoms with Crippen molar-refractivity contribution in [3.05, 3.63) is 64.7 Å². The van der Waals surface area contributed by atoms with Crippen molar-refractivity contribution < 1.29 is 8.78 Å². The van der Waals surface area contributed by atoms with Crippen LogP contribution in [-0.2, 0) is 6.42 Å². The third-order valence-electron chi connectivity index (χ3n) is 2.98. The zero-order chi connectivity index (χ0) is 15.2. The molecule has 0 bridgehead atoms. The molecule has 0 saturated carbocycles. The molecule has 0 amide bonds. The summed E-state index contributed by atoms with van der Waals surface area (Å²) in [6, 6.07) is 11.1. The Morgan fingerprint density at radius 3 is 2.57 bits per heavy atom. The molecule has 1 atom stereocenters. The lowest BCUT2D eigenvalue weighted by atomic mass is 10.1. The molecule has 2 aromatic carbocycles. The standard InChI is InChI=1S/C15H15ClF2N2S/c16-12-6-5-10(8-14(12)18)7-11(20-19)9-21-15-4-2-1-3-13(15)17/h1-6,8,11,20H,7,9,19H2. The Morgan fingerprint density at radius 2 is 1.90 bits per heavy atom. The molecule has 0 aliphatic carbocycles. The molecule has 2 aromatic rings. The normalized spacial score (nSPS) is 12.4. The Morgan fingerprint density at radius 1 is 1.14 bits per heavy atom. The van der Waals surface area contributed by atoms with E-state index in [1.165, 1.54) is 30.0 Å². The predicted octanol–water partition coefficient (Wildman–Crippen LogP) is 3.78. The van der Waals surface area contributed by atoms with Crippen LogP contribution < -0.4 is 11.3 Å². The van der Waals surface area contributed by atoms with E-state index in [0.717, 1.165) is 5.56 Å². The van der Waals surface area contributed by atoms with Gasteiger partial charge < -0.3 is 0 Å². The van der Waals surface area contributed by atoms with E-state index in [1.54, 1.807) is 24.3 Å². The number of thioether (sulfide) groups is 1. The molecule has 1 unspecified atom stereocenters. The van der Waals surface area contributed by atoms with Gasteiger partial charge in [0.05, 0.1) is 5.02 Å². The molecular formula is C15H15ClF2N2S. The maximum Gasteiger partial charge on any atom is 0.142 e. The summed E-state index contributed by atoms with van der Waals surface area (Å²) in [7, 11) is 0. The van der Waals surface area contributed by atoms with Gasteiger partial charge in [-0.1, -0.05) is 29.8 Å². The van der Waals surface area contributed by atoms with Crippen molar-refractivity contribution in [2.75, 3.05) is 5.75 Å². The van der Waals surface area contributed by atoms with Crippen molar-refractivity contribution in [1.29, 1.82) is 0 Å². The van der Waals surface area contributed by atoms with Gasteiger partial charge in [-0.05, 0) is 36.2 Å². The Hall–Kier alpha value is -1.14. The van der Waals surface area contributed by atoms with Gasteiger partial charge in [0.15, 0.2) is 0 Å². The number of hydrogen-bond donors (Lipinski definition) is 2. The third kappa shape index (κ3) is 4.68. The van der Waals surface area contributed by atoms with Crippen LogP contribution >= 0.6 is 23.4 Å². The fourth-order valence-electron chi connectivity index (χ4n) is 1.87. The van der Waals surface area contributed by atoms with Crippen LogP contribution in [0.4, 0.5) is 8.78 Å². The smallest absolute Gasteiger partial charge is 0.142 e. The molecule has 2 rings (SSSR count). The van der Waals surface area contributed by atoms with Crippen LogP contribution in [0, 0.1) is 11.6 Å².